The molecule has 1 unspecified atom stereocenters. The van der Waals surface area contributed by atoms with Crippen LogP contribution in [0.15, 0.2) is 24.3 Å². The van der Waals surface area contributed by atoms with Gasteiger partial charge in [0.15, 0.2) is 0 Å². The predicted octanol–water partition coefficient (Wildman–Crippen LogP) is 4.79. The first-order chi connectivity index (χ1) is 8.21. The second-order valence-electron chi connectivity index (χ2n) is 5.03. The maximum atomic E-state index is 9.80. The summed E-state index contributed by atoms with van der Waals surface area (Å²) in [5.41, 5.74) is 1.10. The van der Waals surface area contributed by atoms with Crippen molar-refractivity contribution in [2.24, 2.45) is 11.8 Å². The van der Waals surface area contributed by atoms with Gasteiger partial charge in [0.2, 0.25) is 0 Å². The Balaban J connectivity index is 2.61. The Hall–Kier alpha value is -0.980. The van der Waals surface area contributed by atoms with Gasteiger partial charge in [0.1, 0.15) is 5.75 Å². The largest absolute Gasteiger partial charge is 0.508 e. The molecular formula is C16H26O. The van der Waals surface area contributed by atoms with E-state index in [1.807, 2.05) is 18.2 Å². The van der Waals surface area contributed by atoms with Gasteiger partial charge in [-0.05, 0) is 36.3 Å². The van der Waals surface area contributed by atoms with Crippen LogP contribution in [0.1, 0.15) is 52.0 Å². The third-order valence-electron chi connectivity index (χ3n) is 3.90. The molecule has 0 aliphatic carbocycles. The van der Waals surface area contributed by atoms with Crippen molar-refractivity contribution < 1.29 is 5.11 Å². The Morgan fingerprint density at radius 2 is 1.53 bits per heavy atom. The fourth-order valence-electron chi connectivity index (χ4n) is 2.48. The smallest absolute Gasteiger partial charge is 0.118 e. The Kier molecular flexibility index (Phi) is 6.10. The predicted molar refractivity (Wildman–Crippen MR) is 74.3 cm³/mol. The van der Waals surface area contributed by atoms with Crippen LogP contribution in [0.4, 0.5) is 0 Å². The minimum atomic E-state index is 0.454. The van der Waals surface area contributed by atoms with E-state index in [1.54, 1.807) is 6.07 Å². The number of rotatable bonds is 7. The second-order valence-corrected chi connectivity index (χ2v) is 5.03. The van der Waals surface area contributed by atoms with E-state index >= 15 is 0 Å². The third-order valence-corrected chi connectivity index (χ3v) is 3.90. The highest BCUT2D eigenvalue weighted by Gasteiger charge is 2.14. The van der Waals surface area contributed by atoms with Crippen LogP contribution in [0.25, 0.3) is 0 Å². The van der Waals surface area contributed by atoms with E-state index in [0.717, 1.165) is 17.9 Å². The fraction of sp³-hybridized carbons (Fsp3) is 0.625. The lowest BCUT2D eigenvalue weighted by molar-refractivity contribution is 0.340. The zero-order chi connectivity index (χ0) is 12.7. The van der Waals surface area contributed by atoms with Crippen molar-refractivity contribution in [1.82, 2.24) is 0 Å². The van der Waals surface area contributed by atoms with Gasteiger partial charge in [-0.25, -0.2) is 0 Å². The summed E-state index contributed by atoms with van der Waals surface area (Å²) >= 11 is 0. The molecule has 0 aliphatic rings. The number of hydrogen-bond acceptors (Lipinski definition) is 1. The molecule has 0 amide bonds. The van der Waals surface area contributed by atoms with E-state index in [-0.39, 0.29) is 0 Å². The normalized spacial score (nSPS) is 12.9. The van der Waals surface area contributed by atoms with Gasteiger partial charge in [0.25, 0.3) is 0 Å². The molecule has 96 valence electrons. The van der Waals surface area contributed by atoms with E-state index in [2.05, 4.69) is 20.8 Å². The topological polar surface area (TPSA) is 20.2 Å². The number of aromatic hydroxyl groups is 1. The van der Waals surface area contributed by atoms with Crippen LogP contribution in [0.2, 0.25) is 0 Å². The van der Waals surface area contributed by atoms with Gasteiger partial charge in [-0.15, -0.1) is 0 Å². The molecule has 0 saturated carbocycles. The molecule has 0 fully saturated rings. The van der Waals surface area contributed by atoms with E-state index in [4.69, 9.17) is 0 Å². The van der Waals surface area contributed by atoms with Crippen LogP contribution in [0, 0.1) is 11.8 Å². The monoisotopic (exact) mass is 234 g/mol. The van der Waals surface area contributed by atoms with Gasteiger partial charge in [-0.3, -0.25) is 0 Å². The molecule has 0 aromatic heterocycles. The van der Waals surface area contributed by atoms with Gasteiger partial charge < -0.3 is 5.11 Å². The van der Waals surface area contributed by atoms with E-state index < -0.39 is 0 Å². The second kappa shape index (κ2) is 7.37. The molecule has 0 spiro atoms. The highest BCUT2D eigenvalue weighted by Crippen LogP contribution is 2.27. The van der Waals surface area contributed by atoms with Gasteiger partial charge in [0, 0.05) is 0 Å². The highest BCUT2D eigenvalue weighted by molar-refractivity contribution is 5.32. The summed E-state index contributed by atoms with van der Waals surface area (Å²) in [6.45, 7) is 6.81. The Morgan fingerprint density at radius 3 is 2.06 bits per heavy atom. The van der Waals surface area contributed by atoms with E-state index in [1.165, 1.54) is 25.7 Å². The van der Waals surface area contributed by atoms with Crippen LogP contribution in [0.3, 0.4) is 0 Å². The summed E-state index contributed by atoms with van der Waals surface area (Å²) in [6, 6.07) is 7.74. The first-order valence-electron chi connectivity index (χ1n) is 6.98. The first-order valence-corrected chi connectivity index (χ1v) is 6.98. The van der Waals surface area contributed by atoms with Crippen LogP contribution in [-0.4, -0.2) is 5.11 Å². The SMILES string of the molecule is CCC(CC)CC(CC)Cc1ccccc1O. The van der Waals surface area contributed by atoms with Gasteiger partial charge >= 0.3 is 0 Å². The number of hydrogen-bond donors (Lipinski definition) is 1. The average Bonchev–Trinajstić information content (AvgIpc) is 2.36. The Bertz CT molecular complexity index is 315. The Morgan fingerprint density at radius 1 is 0.941 bits per heavy atom. The van der Waals surface area contributed by atoms with Crippen LogP contribution >= 0.6 is 0 Å². The van der Waals surface area contributed by atoms with Gasteiger partial charge in [-0.2, -0.15) is 0 Å². The lowest BCUT2D eigenvalue weighted by Gasteiger charge is -2.21. The van der Waals surface area contributed by atoms with Crippen molar-refractivity contribution in [3.8, 4) is 5.75 Å². The summed E-state index contributed by atoms with van der Waals surface area (Å²) in [5.74, 6) is 1.99. The van der Waals surface area contributed by atoms with Crippen molar-refractivity contribution in [2.45, 2.75) is 52.9 Å². The highest BCUT2D eigenvalue weighted by atomic mass is 16.3. The standard InChI is InChI=1S/C16H26O/c1-4-13(5-2)11-14(6-3)12-15-9-7-8-10-16(15)17/h7-10,13-14,17H,4-6,11-12H2,1-3H3. The van der Waals surface area contributed by atoms with E-state index in [0.29, 0.717) is 11.7 Å². The molecule has 0 aliphatic heterocycles. The quantitative estimate of drug-likeness (QED) is 0.719. The molecule has 1 N–H and O–H groups in total. The zero-order valence-electron chi connectivity index (χ0n) is 11.4. The van der Waals surface area contributed by atoms with Crippen molar-refractivity contribution in [3.05, 3.63) is 29.8 Å². The molecular weight excluding hydrogens is 208 g/mol. The average molecular weight is 234 g/mol. The summed E-state index contributed by atoms with van der Waals surface area (Å²) in [5, 5.41) is 9.80. The Labute approximate surface area is 106 Å². The minimum Gasteiger partial charge on any atom is -0.508 e. The van der Waals surface area contributed by atoms with Crippen LogP contribution in [-0.2, 0) is 6.42 Å². The summed E-state index contributed by atoms with van der Waals surface area (Å²) in [6.07, 6.45) is 6.05. The summed E-state index contributed by atoms with van der Waals surface area (Å²) < 4.78 is 0. The number of phenolic OH excluding ortho intramolecular Hbond substituents is 1. The zero-order valence-corrected chi connectivity index (χ0v) is 11.4. The summed E-state index contributed by atoms with van der Waals surface area (Å²) in [7, 11) is 0. The molecule has 0 radical (unpaired) electrons. The molecule has 1 aromatic carbocycles. The van der Waals surface area contributed by atoms with E-state index in [9.17, 15) is 5.11 Å². The summed E-state index contributed by atoms with van der Waals surface area (Å²) in [4.78, 5) is 0. The minimum absolute atomic E-state index is 0.454. The molecule has 0 bridgehead atoms. The molecule has 1 nitrogen and oxygen atoms in total. The molecule has 0 heterocycles. The number of benzene rings is 1. The number of para-hydroxylation sites is 1. The molecule has 17 heavy (non-hydrogen) atoms. The van der Waals surface area contributed by atoms with Gasteiger partial charge in [-0.1, -0.05) is 58.2 Å². The third kappa shape index (κ3) is 4.41. The lowest BCUT2D eigenvalue weighted by Crippen LogP contribution is -2.10. The van der Waals surface area contributed by atoms with Gasteiger partial charge in [0.05, 0.1) is 0 Å². The van der Waals surface area contributed by atoms with Crippen LogP contribution < -0.4 is 0 Å². The number of phenols is 1. The fourth-order valence-corrected chi connectivity index (χ4v) is 2.48. The van der Waals surface area contributed by atoms with Crippen molar-refractivity contribution in [3.63, 3.8) is 0 Å². The molecule has 1 rings (SSSR count). The molecule has 1 atom stereocenters. The maximum absolute atomic E-state index is 9.80. The van der Waals surface area contributed by atoms with Crippen molar-refractivity contribution in [1.29, 1.82) is 0 Å². The van der Waals surface area contributed by atoms with Crippen molar-refractivity contribution in [2.75, 3.05) is 0 Å². The lowest BCUT2D eigenvalue weighted by atomic mass is 9.85. The molecule has 0 saturated heterocycles. The molecule has 1 heteroatoms. The first kappa shape index (κ1) is 14.1. The maximum Gasteiger partial charge on any atom is 0.118 e. The molecule has 1 aromatic rings. The van der Waals surface area contributed by atoms with Crippen LogP contribution in [0.5, 0.6) is 5.75 Å². The van der Waals surface area contributed by atoms with Crippen molar-refractivity contribution >= 4 is 0 Å².